The molecule has 0 unspecified atom stereocenters. The lowest BCUT2D eigenvalue weighted by Gasteiger charge is -2.25. The number of hydrogen-bond donors (Lipinski definition) is 0. The first-order chi connectivity index (χ1) is 13.4. The van der Waals surface area contributed by atoms with Crippen molar-refractivity contribution in [3.05, 3.63) is 59.7 Å². The number of anilines is 1. The number of carbonyl (C=O) groups is 3. The fourth-order valence-corrected chi connectivity index (χ4v) is 4.16. The number of fused-ring (bicyclic) bond motifs is 1. The summed E-state index contributed by atoms with van der Waals surface area (Å²) in [5, 5.41) is 0. The first kappa shape index (κ1) is 18.4. The quantitative estimate of drug-likeness (QED) is 0.458. The molecule has 1 heterocycles. The predicted molar refractivity (Wildman–Crippen MR) is 105 cm³/mol. The molecule has 28 heavy (non-hydrogen) atoms. The van der Waals surface area contributed by atoms with Crippen LogP contribution in [0.3, 0.4) is 0 Å². The molecule has 2 aromatic carbocycles. The summed E-state index contributed by atoms with van der Waals surface area (Å²) in [6, 6.07) is 13.7. The van der Waals surface area contributed by atoms with Crippen molar-refractivity contribution in [1.29, 1.82) is 0 Å². The van der Waals surface area contributed by atoms with Gasteiger partial charge in [0.05, 0.1) is 23.1 Å². The first-order valence-corrected chi connectivity index (χ1v) is 9.71. The van der Waals surface area contributed by atoms with E-state index >= 15 is 0 Å². The maximum Gasteiger partial charge on any atom is 0.343 e. The molecule has 4 rings (SSSR count). The first-order valence-electron chi connectivity index (χ1n) is 9.71. The number of hydrogen-bond acceptors (Lipinski definition) is 4. The molecular weight excluding hydrogens is 354 g/mol. The third kappa shape index (κ3) is 3.33. The van der Waals surface area contributed by atoms with E-state index in [1.165, 1.54) is 4.90 Å². The lowest BCUT2D eigenvalue weighted by atomic mass is 9.76. The lowest BCUT2D eigenvalue weighted by molar-refractivity contribution is -0.122. The summed E-state index contributed by atoms with van der Waals surface area (Å²) in [6.07, 6.45) is 2.53. The summed E-state index contributed by atoms with van der Waals surface area (Å²) in [5.74, 6) is -0.165. The average molecular weight is 377 g/mol. The van der Waals surface area contributed by atoms with Crippen LogP contribution < -0.4 is 9.64 Å². The number of ether oxygens (including phenoxy) is 1. The van der Waals surface area contributed by atoms with Gasteiger partial charge in [-0.15, -0.1) is 0 Å². The van der Waals surface area contributed by atoms with Crippen molar-refractivity contribution < 1.29 is 19.1 Å². The van der Waals surface area contributed by atoms with Gasteiger partial charge in [-0.25, -0.2) is 4.79 Å². The molecule has 5 nitrogen and oxygen atoms in total. The van der Waals surface area contributed by atoms with E-state index < -0.39 is 5.97 Å². The van der Waals surface area contributed by atoms with Crippen molar-refractivity contribution in [2.75, 3.05) is 4.90 Å². The van der Waals surface area contributed by atoms with E-state index in [0.29, 0.717) is 22.9 Å². The van der Waals surface area contributed by atoms with E-state index in [-0.39, 0.29) is 23.7 Å². The summed E-state index contributed by atoms with van der Waals surface area (Å²) in [5.41, 5.74) is 1.97. The minimum absolute atomic E-state index is 0.114. The van der Waals surface area contributed by atoms with Gasteiger partial charge in [0, 0.05) is 0 Å². The van der Waals surface area contributed by atoms with E-state index in [4.69, 9.17) is 4.74 Å². The molecule has 2 aromatic rings. The number of nitrogens with zero attached hydrogens (tertiary/aromatic N) is 1. The van der Waals surface area contributed by atoms with Crippen LogP contribution in [-0.4, -0.2) is 17.8 Å². The highest BCUT2D eigenvalue weighted by atomic mass is 16.5. The second kappa shape index (κ2) is 7.23. The highest BCUT2D eigenvalue weighted by Gasteiger charge is 2.49. The van der Waals surface area contributed by atoms with Gasteiger partial charge in [0.15, 0.2) is 0 Å². The summed E-state index contributed by atoms with van der Waals surface area (Å²) in [7, 11) is 0. The van der Waals surface area contributed by atoms with Gasteiger partial charge in [-0.1, -0.05) is 24.6 Å². The molecule has 2 fully saturated rings. The topological polar surface area (TPSA) is 63.7 Å². The maximum atomic E-state index is 12.8. The van der Waals surface area contributed by atoms with E-state index in [2.05, 4.69) is 6.92 Å². The van der Waals surface area contributed by atoms with Gasteiger partial charge in [0.2, 0.25) is 11.8 Å². The zero-order valence-electron chi connectivity index (χ0n) is 16.1. The molecule has 0 N–H and O–H groups in total. The Balaban J connectivity index is 1.50. The summed E-state index contributed by atoms with van der Waals surface area (Å²) in [4.78, 5) is 39.2. The minimum atomic E-state index is -0.475. The van der Waals surface area contributed by atoms with E-state index in [1.807, 2.05) is 19.1 Å². The molecule has 0 bridgehead atoms. The monoisotopic (exact) mass is 377 g/mol. The van der Waals surface area contributed by atoms with Crippen LogP contribution in [0.2, 0.25) is 0 Å². The SMILES string of the molecule is Cc1ccc(OC(=O)c2ccc(N3C(=O)[C@H]4C[C@H](C)CC[C@H]4C3=O)cc2)cc1. The zero-order valence-corrected chi connectivity index (χ0v) is 16.1. The Labute approximate surface area is 164 Å². The van der Waals surface area contributed by atoms with Gasteiger partial charge in [0.25, 0.3) is 0 Å². The Morgan fingerprint density at radius 1 is 0.929 bits per heavy atom. The molecule has 3 atom stereocenters. The van der Waals surface area contributed by atoms with Crippen LogP contribution in [0.1, 0.15) is 42.1 Å². The standard InChI is InChI=1S/C23H23NO4/c1-14-3-10-18(11-4-14)28-23(27)16-6-8-17(9-7-16)24-21(25)19-12-5-15(2)13-20(19)22(24)26/h3-4,6-11,15,19-20H,5,12-13H2,1-2H3/t15-,19-,20+/m1/s1. The van der Waals surface area contributed by atoms with Gasteiger partial charge in [-0.05, 0) is 68.5 Å². The van der Waals surface area contributed by atoms with Crippen LogP contribution in [0, 0.1) is 24.7 Å². The number of esters is 1. The van der Waals surface area contributed by atoms with Crippen molar-refractivity contribution >= 4 is 23.5 Å². The average Bonchev–Trinajstić information content (AvgIpc) is 2.93. The fourth-order valence-electron chi connectivity index (χ4n) is 4.16. The van der Waals surface area contributed by atoms with Crippen molar-refractivity contribution in [1.82, 2.24) is 0 Å². The molecule has 2 aliphatic rings. The van der Waals surface area contributed by atoms with Crippen LogP contribution in [-0.2, 0) is 9.59 Å². The van der Waals surface area contributed by atoms with Gasteiger partial charge in [0.1, 0.15) is 5.75 Å². The Morgan fingerprint density at radius 2 is 1.57 bits per heavy atom. The molecule has 1 saturated carbocycles. The van der Waals surface area contributed by atoms with Crippen molar-refractivity contribution in [3.63, 3.8) is 0 Å². The summed E-state index contributed by atoms with van der Waals surface area (Å²) >= 11 is 0. The van der Waals surface area contributed by atoms with Crippen molar-refractivity contribution in [2.24, 2.45) is 17.8 Å². The number of benzene rings is 2. The second-order valence-corrected chi connectivity index (χ2v) is 7.89. The fraction of sp³-hybridized carbons (Fsp3) is 0.348. The van der Waals surface area contributed by atoms with E-state index in [9.17, 15) is 14.4 Å². The third-order valence-corrected chi connectivity index (χ3v) is 5.78. The second-order valence-electron chi connectivity index (χ2n) is 7.89. The summed E-state index contributed by atoms with van der Waals surface area (Å²) in [6.45, 7) is 4.09. The zero-order chi connectivity index (χ0) is 19.8. The molecule has 0 spiro atoms. The number of rotatable bonds is 3. The molecule has 0 aromatic heterocycles. The van der Waals surface area contributed by atoms with Crippen LogP contribution >= 0.6 is 0 Å². The van der Waals surface area contributed by atoms with Gasteiger partial charge < -0.3 is 4.74 Å². The molecule has 2 amide bonds. The highest BCUT2D eigenvalue weighted by molar-refractivity contribution is 6.22. The van der Waals surface area contributed by atoms with Gasteiger partial charge >= 0.3 is 5.97 Å². The minimum Gasteiger partial charge on any atom is -0.423 e. The highest BCUT2D eigenvalue weighted by Crippen LogP contribution is 2.42. The number of carbonyl (C=O) groups excluding carboxylic acids is 3. The Hall–Kier alpha value is -2.95. The molecular formula is C23H23NO4. The Bertz CT molecular complexity index is 917. The van der Waals surface area contributed by atoms with Crippen LogP contribution in [0.15, 0.2) is 48.5 Å². The van der Waals surface area contributed by atoms with E-state index in [0.717, 1.165) is 24.8 Å². The number of amides is 2. The number of aryl methyl sites for hydroxylation is 1. The molecule has 0 radical (unpaired) electrons. The summed E-state index contributed by atoms with van der Waals surface area (Å²) < 4.78 is 5.37. The van der Waals surface area contributed by atoms with Crippen molar-refractivity contribution in [3.8, 4) is 5.75 Å². The molecule has 5 heteroatoms. The molecule has 1 aliphatic heterocycles. The Morgan fingerprint density at radius 3 is 2.25 bits per heavy atom. The molecule has 1 aliphatic carbocycles. The third-order valence-electron chi connectivity index (χ3n) is 5.78. The molecule has 144 valence electrons. The predicted octanol–water partition coefficient (Wildman–Crippen LogP) is 4.14. The largest absolute Gasteiger partial charge is 0.423 e. The molecule has 1 saturated heterocycles. The van der Waals surface area contributed by atoms with Gasteiger partial charge in [-0.2, -0.15) is 0 Å². The van der Waals surface area contributed by atoms with Crippen LogP contribution in [0.5, 0.6) is 5.75 Å². The number of imide groups is 1. The smallest absolute Gasteiger partial charge is 0.343 e. The van der Waals surface area contributed by atoms with Crippen LogP contribution in [0.4, 0.5) is 5.69 Å². The van der Waals surface area contributed by atoms with Gasteiger partial charge in [-0.3, -0.25) is 14.5 Å². The van der Waals surface area contributed by atoms with E-state index in [1.54, 1.807) is 36.4 Å². The Kier molecular flexibility index (Phi) is 4.75. The normalized spacial score (nSPS) is 24.2. The lowest BCUT2D eigenvalue weighted by Crippen LogP contribution is -2.30. The maximum absolute atomic E-state index is 12.8. The van der Waals surface area contributed by atoms with Crippen molar-refractivity contribution in [2.45, 2.75) is 33.1 Å². The van der Waals surface area contributed by atoms with Crippen LogP contribution in [0.25, 0.3) is 0 Å².